The number of ether oxygens (including phenoxy) is 2. The van der Waals surface area contributed by atoms with Crippen LogP contribution in [0.1, 0.15) is 67.2 Å². The molecule has 4 rings (SSSR count). The van der Waals surface area contributed by atoms with Crippen LogP contribution in [0.2, 0.25) is 0 Å². The second kappa shape index (κ2) is 8.14. The molecule has 0 radical (unpaired) electrons. The van der Waals surface area contributed by atoms with Crippen LogP contribution in [0.15, 0.2) is 23.3 Å². The molecule has 0 aromatic heterocycles. The predicted molar refractivity (Wildman–Crippen MR) is 123 cm³/mol. The van der Waals surface area contributed by atoms with Gasteiger partial charge < -0.3 is 19.4 Å². The normalized spacial score (nSPS) is 39.5. The standard InChI is InChI=1S/C27H36O7/c1-14-9-20-22-15(2)11-27(34-21(30)8-7-16(3)28)23(25(27,5)6)19(22)10-18(13-33-17(4)29)12-26(20,32)24(14)31/h9-10,15,19-20,22-23,32H,7-8,11-13H2,1-6H3/t15-,19-,20+,22?,23+,26-,27+/m1/s1. The number of carbonyl (C=O) groups is 4. The highest BCUT2D eigenvalue weighted by Crippen LogP contribution is 2.75. The molecule has 0 bridgehead atoms. The number of carbonyl (C=O) groups excluding carboxylic acids is 4. The average molecular weight is 473 g/mol. The highest BCUT2D eigenvalue weighted by Gasteiger charge is 2.80. The average Bonchev–Trinajstić information content (AvgIpc) is 3.16. The second-order valence-corrected chi connectivity index (χ2v) is 11.5. The van der Waals surface area contributed by atoms with Crippen molar-refractivity contribution in [1.29, 1.82) is 0 Å². The van der Waals surface area contributed by atoms with Crippen LogP contribution in [0.3, 0.4) is 0 Å². The summed E-state index contributed by atoms with van der Waals surface area (Å²) in [6, 6.07) is 0. The van der Waals surface area contributed by atoms with Crippen LogP contribution < -0.4 is 0 Å². The lowest BCUT2D eigenvalue weighted by Gasteiger charge is -2.43. The minimum atomic E-state index is -1.55. The van der Waals surface area contributed by atoms with Gasteiger partial charge in [-0.15, -0.1) is 0 Å². The fourth-order valence-electron chi connectivity index (χ4n) is 7.40. The smallest absolute Gasteiger partial charge is 0.306 e. The van der Waals surface area contributed by atoms with Crippen molar-refractivity contribution in [1.82, 2.24) is 0 Å². The van der Waals surface area contributed by atoms with Gasteiger partial charge in [0.2, 0.25) is 0 Å². The molecule has 0 aromatic carbocycles. The van der Waals surface area contributed by atoms with E-state index in [2.05, 4.69) is 26.8 Å². The van der Waals surface area contributed by atoms with Crippen LogP contribution in [0.5, 0.6) is 0 Å². The molecule has 186 valence electrons. The van der Waals surface area contributed by atoms with Gasteiger partial charge in [-0.3, -0.25) is 14.4 Å². The summed E-state index contributed by atoms with van der Waals surface area (Å²) in [5.74, 6) is -1.45. The molecule has 0 aliphatic heterocycles. The lowest BCUT2D eigenvalue weighted by atomic mass is 9.63. The first kappa shape index (κ1) is 24.8. The molecule has 0 aromatic rings. The number of esters is 2. The summed E-state index contributed by atoms with van der Waals surface area (Å²) in [5, 5.41) is 11.7. The van der Waals surface area contributed by atoms with E-state index in [9.17, 15) is 24.3 Å². The van der Waals surface area contributed by atoms with Gasteiger partial charge >= 0.3 is 11.9 Å². The zero-order valence-electron chi connectivity index (χ0n) is 21.0. The number of hydrogen-bond acceptors (Lipinski definition) is 7. The first-order valence-corrected chi connectivity index (χ1v) is 12.2. The molecule has 1 unspecified atom stereocenters. The Labute approximate surface area is 200 Å². The van der Waals surface area contributed by atoms with E-state index < -0.39 is 17.2 Å². The number of aliphatic hydroxyl groups is 1. The van der Waals surface area contributed by atoms with E-state index in [-0.39, 0.29) is 78.4 Å². The van der Waals surface area contributed by atoms with Gasteiger partial charge in [-0.05, 0) is 49.2 Å². The zero-order valence-corrected chi connectivity index (χ0v) is 21.0. The van der Waals surface area contributed by atoms with E-state index in [1.54, 1.807) is 6.92 Å². The van der Waals surface area contributed by atoms with Crippen LogP contribution in [0.25, 0.3) is 0 Å². The number of rotatable bonds is 6. The summed E-state index contributed by atoms with van der Waals surface area (Å²) in [6.45, 7) is 10.9. The molecule has 4 aliphatic rings. The molecule has 7 heteroatoms. The van der Waals surface area contributed by atoms with Crippen molar-refractivity contribution in [2.45, 2.75) is 78.4 Å². The Morgan fingerprint density at radius 3 is 2.44 bits per heavy atom. The van der Waals surface area contributed by atoms with Crippen molar-refractivity contribution in [3.63, 3.8) is 0 Å². The predicted octanol–water partition coefficient (Wildman–Crippen LogP) is 3.34. The third-order valence-corrected chi connectivity index (χ3v) is 8.91. The Bertz CT molecular complexity index is 1000. The molecule has 2 fully saturated rings. The first-order valence-electron chi connectivity index (χ1n) is 12.2. The minimum Gasteiger partial charge on any atom is -0.461 e. The maximum absolute atomic E-state index is 13.1. The van der Waals surface area contributed by atoms with Crippen molar-refractivity contribution >= 4 is 23.5 Å². The Morgan fingerprint density at radius 1 is 1.15 bits per heavy atom. The summed E-state index contributed by atoms with van der Waals surface area (Å²) >= 11 is 0. The topological polar surface area (TPSA) is 107 Å². The molecule has 34 heavy (non-hydrogen) atoms. The molecule has 0 spiro atoms. The van der Waals surface area contributed by atoms with Gasteiger partial charge in [-0.2, -0.15) is 0 Å². The van der Waals surface area contributed by atoms with E-state index in [0.717, 1.165) is 5.57 Å². The fraction of sp³-hybridized carbons (Fsp3) is 0.704. The molecule has 7 atom stereocenters. The third-order valence-electron chi connectivity index (χ3n) is 8.91. The van der Waals surface area contributed by atoms with E-state index in [4.69, 9.17) is 9.47 Å². The quantitative estimate of drug-likeness (QED) is 0.467. The highest BCUT2D eigenvalue weighted by atomic mass is 16.6. The lowest BCUT2D eigenvalue weighted by Crippen LogP contribution is -2.49. The van der Waals surface area contributed by atoms with Crippen molar-refractivity contribution in [3.8, 4) is 0 Å². The molecule has 0 heterocycles. The zero-order chi connectivity index (χ0) is 25.2. The lowest BCUT2D eigenvalue weighted by molar-refractivity contribution is -0.160. The monoisotopic (exact) mass is 472 g/mol. The first-order chi connectivity index (χ1) is 15.7. The maximum atomic E-state index is 13.1. The summed E-state index contributed by atoms with van der Waals surface area (Å²) in [4.78, 5) is 48.7. The van der Waals surface area contributed by atoms with Gasteiger partial charge in [0.15, 0.2) is 5.78 Å². The van der Waals surface area contributed by atoms with Gasteiger partial charge in [-0.1, -0.05) is 32.9 Å². The number of allylic oxidation sites excluding steroid dienone is 1. The Hall–Kier alpha value is -2.28. The SMILES string of the molecule is CC(=O)CCC(=O)O[C@@]12C[C@@H](C)C3[C@@H](C=C(COC(C)=O)C[C@]4(O)C(=O)C(C)=C[C@@H]34)[C@H]1C2(C)C. The van der Waals surface area contributed by atoms with Gasteiger partial charge in [-0.25, -0.2) is 0 Å². The number of fused-ring (bicyclic) bond motifs is 5. The van der Waals surface area contributed by atoms with E-state index >= 15 is 0 Å². The summed E-state index contributed by atoms with van der Waals surface area (Å²) < 4.78 is 11.4. The van der Waals surface area contributed by atoms with Crippen LogP contribution in [-0.4, -0.2) is 46.4 Å². The maximum Gasteiger partial charge on any atom is 0.306 e. The molecular formula is C27H36O7. The van der Waals surface area contributed by atoms with Crippen LogP contribution >= 0.6 is 0 Å². The van der Waals surface area contributed by atoms with Crippen LogP contribution in [-0.2, 0) is 28.7 Å². The van der Waals surface area contributed by atoms with Gasteiger partial charge in [0.25, 0.3) is 0 Å². The van der Waals surface area contributed by atoms with E-state index in [1.807, 2.05) is 6.08 Å². The Morgan fingerprint density at radius 2 is 1.82 bits per heavy atom. The third kappa shape index (κ3) is 3.67. The van der Waals surface area contributed by atoms with Crippen molar-refractivity contribution < 1.29 is 33.8 Å². The van der Waals surface area contributed by atoms with Gasteiger partial charge in [0.05, 0.1) is 6.42 Å². The molecule has 4 aliphatic carbocycles. The number of Topliss-reactive ketones (excluding diaryl/α,β-unsaturated/α-hetero) is 2. The molecule has 7 nitrogen and oxygen atoms in total. The Balaban J connectivity index is 1.72. The Kier molecular flexibility index (Phi) is 5.95. The van der Waals surface area contributed by atoms with Crippen molar-refractivity contribution in [2.75, 3.05) is 6.61 Å². The number of ketones is 2. The van der Waals surface area contributed by atoms with Gasteiger partial charge in [0.1, 0.15) is 23.6 Å². The molecule has 2 saturated carbocycles. The van der Waals surface area contributed by atoms with E-state index in [1.165, 1.54) is 13.8 Å². The van der Waals surface area contributed by atoms with E-state index in [0.29, 0.717) is 12.0 Å². The van der Waals surface area contributed by atoms with Crippen molar-refractivity contribution in [2.24, 2.45) is 35.0 Å². The molecule has 0 saturated heterocycles. The largest absolute Gasteiger partial charge is 0.461 e. The highest BCUT2D eigenvalue weighted by molar-refractivity contribution is 6.04. The van der Waals surface area contributed by atoms with Gasteiger partial charge in [0, 0.05) is 37.0 Å². The van der Waals surface area contributed by atoms with Crippen molar-refractivity contribution in [3.05, 3.63) is 23.3 Å². The summed E-state index contributed by atoms with van der Waals surface area (Å²) in [7, 11) is 0. The molecular weight excluding hydrogens is 436 g/mol. The summed E-state index contributed by atoms with van der Waals surface area (Å²) in [5.41, 5.74) is -1.23. The fourth-order valence-corrected chi connectivity index (χ4v) is 7.40. The summed E-state index contributed by atoms with van der Waals surface area (Å²) in [6.07, 6.45) is 4.98. The molecule has 0 amide bonds. The van der Waals surface area contributed by atoms with Crippen LogP contribution in [0.4, 0.5) is 0 Å². The van der Waals surface area contributed by atoms with Crippen LogP contribution in [0, 0.1) is 35.0 Å². The number of hydrogen-bond donors (Lipinski definition) is 1. The second-order valence-electron chi connectivity index (χ2n) is 11.5. The minimum absolute atomic E-state index is 0.00145. The molecule has 1 N–H and O–H groups in total.